The van der Waals surface area contributed by atoms with Crippen molar-refractivity contribution in [3.63, 3.8) is 0 Å². The molecule has 2 amide bonds. The highest BCUT2D eigenvalue weighted by Crippen LogP contribution is 2.24. The average Bonchev–Trinajstić information content (AvgIpc) is 3.37. The molecule has 29 heavy (non-hydrogen) atoms. The number of aromatic nitrogens is 2. The van der Waals surface area contributed by atoms with Crippen LogP contribution in [-0.4, -0.2) is 27.6 Å². The zero-order valence-corrected chi connectivity index (χ0v) is 16.9. The third-order valence-corrected chi connectivity index (χ3v) is 5.25. The summed E-state index contributed by atoms with van der Waals surface area (Å²) in [6, 6.07) is 12.6. The molecule has 4 rings (SSSR count). The largest absolute Gasteiger partial charge is 0.349 e. The predicted molar refractivity (Wildman–Crippen MR) is 113 cm³/mol. The lowest BCUT2D eigenvalue weighted by Gasteiger charge is -2.08. The van der Waals surface area contributed by atoms with Crippen LogP contribution in [0.3, 0.4) is 0 Å². The van der Waals surface area contributed by atoms with Crippen LogP contribution in [0, 0.1) is 0 Å². The summed E-state index contributed by atoms with van der Waals surface area (Å²) in [6.07, 6.45) is 5.15. The molecule has 1 heterocycles. The van der Waals surface area contributed by atoms with Gasteiger partial charge in [-0.05, 0) is 42.7 Å². The molecule has 0 radical (unpaired) electrons. The third kappa shape index (κ3) is 4.78. The molecule has 0 bridgehead atoms. The minimum atomic E-state index is -0.318. The first kappa shape index (κ1) is 19.5. The molecule has 0 aliphatic heterocycles. The van der Waals surface area contributed by atoms with E-state index in [-0.39, 0.29) is 22.9 Å². The molecule has 1 aliphatic carbocycles. The molecule has 6 nitrogen and oxygen atoms in total. The van der Waals surface area contributed by atoms with Crippen molar-refractivity contribution in [1.29, 1.82) is 0 Å². The fourth-order valence-corrected chi connectivity index (χ4v) is 3.30. The summed E-state index contributed by atoms with van der Waals surface area (Å²) in [4.78, 5) is 24.7. The zero-order chi connectivity index (χ0) is 20.4. The molecule has 3 aromatic rings. The van der Waals surface area contributed by atoms with Gasteiger partial charge in [0, 0.05) is 22.9 Å². The third-order valence-electron chi connectivity index (χ3n) is 4.57. The van der Waals surface area contributed by atoms with Crippen molar-refractivity contribution in [2.75, 3.05) is 5.32 Å². The summed E-state index contributed by atoms with van der Waals surface area (Å²) in [5.41, 5.74) is 2.21. The molecule has 0 saturated heterocycles. The first-order valence-corrected chi connectivity index (χ1v) is 9.93. The summed E-state index contributed by atoms with van der Waals surface area (Å²) >= 11 is 12.4. The highest BCUT2D eigenvalue weighted by atomic mass is 35.5. The van der Waals surface area contributed by atoms with Crippen molar-refractivity contribution in [1.82, 2.24) is 15.1 Å². The van der Waals surface area contributed by atoms with E-state index in [1.807, 2.05) is 24.3 Å². The van der Waals surface area contributed by atoms with Gasteiger partial charge in [-0.3, -0.25) is 14.3 Å². The van der Waals surface area contributed by atoms with Gasteiger partial charge >= 0.3 is 0 Å². The molecule has 1 aromatic heterocycles. The van der Waals surface area contributed by atoms with Gasteiger partial charge in [-0.15, -0.1) is 0 Å². The molecule has 1 fully saturated rings. The normalized spacial score (nSPS) is 13.2. The van der Waals surface area contributed by atoms with Crippen LogP contribution < -0.4 is 10.6 Å². The predicted octanol–water partition coefficient (Wildman–Crippen LogP) is 4.38. The van der Waals surface area contributed by atoms with Crippen LogP contribution in [0.15, 0.2) is 54.9 Å². The number of nitrogens with one attached hydrogen (secondary N) is 2. The quantitative estimate of drug-likeness (QED) is 0.611. The summed E-state index contributed by atoms with van der Waals surface area (Å²) in [6.45, 7) is 0.462. The summed E-state index contributed by atoms with van der Waals surface area (Å²) < 4.78 is 1.65. The molecule has 2 aromatic carbocycles. The van der Waals surface area contributed by atoms with Gasteiger partial charge in [-0.2, -0.15) is 5.10 Å². The van der Waals surface area contributed by atoms with Crippen LogP contribution in [0.25, 0.3) is 0 Å². The van der Waals surface area contributed by atoms with Crippen LogP contribution in [0.5, 0.6) is 0 Å². The van der Waals surface area contributed by atoms with Gasteiger partial charge in [0.05, 0.1) is 28.9 Å². The van der Waals surface area contributed by atoms with Gasteiger partial charge in [-0.1, -0.05) is 41.4 Å². The Kier molecular flexibility index (Phi) is 5.56. The van der Waals surface area contributed by atoms with E-state index in [2.05, 4.69) is 15.7 Å². The number of rotatable bonds is 6. The number of nitrogens with zero attached hydrogens (tertiary/aromatic N) is 2. The Morgan fingerprint density at radius 3 is 2.59 bits per heavy atom. The molecule has 0 spiro atoms. The van der Waals surface area contributed by atoms with Gasteiger partial charge in [0.15, 0.2) is 0 Å². The van der Waals surface area contributed by atoms with Gasteiger partial charge in [0.2, 0.25) is 0 Å². The van der Waals surface area contributed by atoms with E-state index in [1.165, 1.54) is 6.20 Å². The highest BCUT2D eigenvalue weighted by molar-refractivity contribution is 6.34. The van der Waals surface area contributed by atoms with E-state index in [1.54, 1.807) is 29.1 Å². The number of amides is 2. The van der Waals surface area contributed by atoms with Crippen LogP contribution in [0.1, 0.15) is 39.1 Å². The Bertz CT molecular complexity index is 1080. The lowest BCUT2D eigenvalue weighted by molar-refractivity contribution is 0.0950. The van der Waals surface area contributed by atoms with Gasteiger partial charge < -0.3 is 10.6 Å². The van der Waals surface area contributed by atoms with Crippen LogP contribution in [0.2, 0.25) is 10.0 Å². The number of benzene rings is 2. The second-order valence-electron chi connectivity index (χ2n) is 6.91. The molecular weight excluding hydrogens is 411 g/mol. The second kappa shape index (κ2) is 8.27. The fraction of sp³-hybridized carbons (Fsp3) is 0.190. The lowest BCUT2D eigenvalue weighted by atomic mass is 10.2. The van der Waals surface area contributed by atoms with E-state index in [4.69, 9.17) is 23.2 Å². The molecule has 1 saturated carbocycles. The second-order valence-corrected chi connectivity index (χ2v) is 7.73. The van der Waals surface area contributed by atoms with Crippen molar-refractivity contribution in [2.24, 2.45) is 0 Å². The monoisotopic (exact) mass is 428 g/mol. The van der Waals surface area contributed by atoms with Crippen LogP contribution >= 0.6 is 23.2 Å². The Morgan fingerprint density at radius 1 is 1.07 bits per heavy atom. The Hall–Kier alpha value is -2.83. The van der Waals surface area contributed by atoms with Gasteiger partial charge in [0.25, 0.3) is 11.8 Å². The lowest BCUT2D eigenvalue weighted by Crippen LogP contribution is -2.25. The van der Waals surface area contributed by atoms with E-state index in [0.717, 1.165) is 18.4 Å². The molecule has 8 heteroatoms. The molecule has 0 unspecified atom stereocenters. The van der Waals surface area contributed by atoms with Crippen molar-refractivity contribution in [2.45, 2.75) is 25.4 Å². The number of hydrogen-bond donors (Lipinski definition) is 2. The zero-order valence-electron chi connectivity index (χ0n) is 15.4. The maximum atomic E-state index is 12.5. The Balaban J connectivity index is 1.41. The van der Waals surface area contributed by atoms with E-state index in [0.29, 0.717) is 28.4 Å². The Labute approximate surface area is 177 Å². The number of carbonyl (C=O) groups excluding carboxylic acids is 2. The van der Waals surface area contributed by atoms with Crippen LogP contribution in [-0.2, 0) is 6.54 Å². The summed E-state index contributed by atoms with van der Waals surface area (Å²) in [5.74, 6) is -0.516. The maximum Gasteiger partial charge on any atom is 0.258 e. The molecule has 0 atom stereocenters. The molecular formula is C21H18Cl2N4O2. The maximum absolute atomic E-state index is 12.5. The number of hydrogen-bond acceptors (Lipinski definition) is 3. The smallest absolute Gasteiger partial charge is 0.258 e. The van der Waals surface area contributed by atoms with Gasteiger partial charge in [-0.25, -0.2) is 0 Å². The first-order valence-electron chi connectivity index (χ1n) is 9.17. The molecule has 2 N–H and O–H groups in total. The standard InChI is InChI=1S/C21H18Cl2N4O2/c22-18-4-2-1-3-13(18)11-27-12-14(10-24-27)20(28)26-16-7-8-17(19(23)9-16)21(29)25-15-5-6-15/h1-4,7-10,12,15H,5-6,11H2,(H,25,29)(H,26,28). The number of carbonyl (C=O) groups is 2. The first-order chi connectivity index (χ1) is 14.0. The topological polar surface area (TPSA) is 76.0 Å². The Morgan fingerprint density at radius 2 is 1.86 bits per heavy atom. The molecule has 1 aliphatic rings. The van der Waals surface area contributed by atoms with Crippen molar-refractivity contribution >= 4 is 40.7 Å². The van der Waals surface area contributed by atoms with Gasteiger partial charge in [0.1, 0.15) is 0 Å². The fourth-order valence-electron chi connectivity index (χ4n) is 2.84. The molecule has 148 valence electrons. The van der Waals surface area contributed by atoms with E-state index in [9.17, 15) is 9.59 Å². The SMILES string of the molecule is O=C(Nc1ccc(C(=O)NC2CC2)c(Cl)c1)c1cnn(Cc2ccccc2Cl)c1. The van der Waals surface area contributed by atoms with E-state index >= 15 is 0 Å². The number of halogens is 2. The van der Waals surface area contributed by atoms with Crippen LogP contribution in [0.4, 0.5) is 5.69 Å². The van der Waals surface area contributed by atoms with Crippen molar-refractivity contribution in [3.8, 4) is 0 Å². The highest BCUT2D eigenvalue weighted by Gasteiger charge is 2.24. The number of anilines is 1. The summed E-state index contributed by atoms with van der Waals surface area (Å²) in [7, 11) is 0. The summed E-state index contributed by atoms with van der Waals surface area (Å²) in [5, 5.41) is 10.8. The minimum absolute atomic E-state index is 0.198. The minimum Gasteiger partial charge on any atom is -0.349 e. The van der Waals surface area contributed by atoms with Crippen molar-refractivity contribution < 1.29 is 9.59 Å². The van der Waals surface area contributed by atoms with Crippen molar-refractivity contribution in [3.05, 3.63) is 81.6 Å². The average molecular weight is 429 g/mol. The van der Waals surface area contributed by atoms with E-state index < -0.39 is 0 Å².